The third-order valence-corrected chi connectivity index (χ3v) is 12.8. The number of ether oxygens (including phenoxy) is 1. The summed E-state index contributed by atoms with van der Waals surface area (Å²) in [5, 5.41) is 23.1. The lowest BCUT2D eigenvalue weighted by atomic mass is 10.0. The third-order valence-electron chi connectivity index (χ3n) is 12.8. The van der Waals surface area contributed by atoms with Crippen molar-refractivity contribution in [3.63, 3.8) is 0 Å². The monoisotopic (exact) mass is 862 g/mol. The van der Waals surface area contributed by atoms with Gasteiger partial charge in [0.25, 0.3) is 0 Å². The molecule has 0 rings (SSSR count). The highest BCUT2D eigenvalue weighted by Crippen LogP contribution is 2.17. The quantitative estimate of drug-likeness (QED) is 0.0322. The van der Waals surface area contributed by atoms with Crippen LogP contribution in [0.2, 0.25) is 0 Å². The molecule has 6 nitrogen and oxygen atoms in total. The lowest BCUT2D eigenvalue weighted by molar-refractivity contribution is -0.143. The van der Waals surface area contributed by atoms with Crippen molar-refractivity contribution in [1.29, 1.82) is 0 Å². The molecule has 0 aliphatic carbocycles. The summed E-state index contributed by atoms with van der Waals surface area (Å²) in [5.41, 5.74) is 0. The van der Waals surface area contributed by atoms with E-state index in [1.807, 2.05) is 6.08 Å². The maximum absolute atomic E-state index is 12.5. The molecule has 0 heterocycles. The number of aliphatic hydroxyl groups excluding tert-OH is 2. The van der Waals surface area contributed by atoms with Crippen molar-refractivity contribution in [2.45, 2.75) is 315 Å². The number of allylic oxidation sites excluding steroid dienone is 1. The number of carbonyl (C=O) groups is 2. The molecular formula is C55H107NO5. The summed E-state index contributed by atoms with van der Waals surface area (Å²) in [6, 6.07) is -0.644. The van der Waals surface area contributed by atoms with Gasteiger partial charge in [0.2, 0.25) is 5.91 Å². The fourth-order valence-electron chi connectivity index (χ4n) is 8.58. The summed E-state index contributed by atoms with van der Waals surface area (Å²) in [6.45, 7) is 4.86. The summed E-state index contributed by atoms with van der Waals surface area (Å²) >= 11 is 0. The minimum absolute atomic E-state index is 0.0203. The van der Waals surface area contributed by atoms with Crippen LogP contribution >= 0.6 is 0 Å². The molecule has 2 atom stereocenters. The minimum Gasteiger partial charge on any atom is -0.466 e. The Labute approximate surface area is 380 Å². The number of rotatable bonds is 51. The topological polar surface area (TPSA) is 95.9 Å². The highest BCUT2D eigenvalue weighted by Gasteiger charge is 2.18. The zero-order valence-corrected chi connectivity index (χ0v) is 41.2. The fraction of sp³-hybridized carbons (Fsp3) is 0.927. The number of aliphatic hydroxyl groups is 2. The largest absolute Gasteiger partial charge is 0.466 e. The maximum Gasteiger partial charge on any atom is 0.305 e. The second-order valence-electron chi connectivity index (χ2n) is 18.9. The molecular weight excluding hydrogens is 755 g/mol. The van der Waals surface area contributed by atoms with Gasteiger partial charge in [0.05, 0.1) is 25.4 Å². The molecule has 0 aromatic carbocycles. The number of nitrogens with one attached hydrogen (secondary N) is 1. The minimum atomic E-state index is -0.858. The van der Waals surface area contributed by atoms with Crippen molar-refractivity contribution in [3.8, 4) is 0 Å². The van der Waals surface area contributed by atoms with E-state index in [9.17, 15) is 19.8 Å². The van der Waals surface area contributed by atoms with Gasteiger partial charge in [-0.1, -0.05) is 270 Å². The molecule has 1 amide bonds. The van der Waals surface area contributed by atoms with Gasteiger partial charge >= 0.3 is 5.97 Å². The van der Waals surface area contributed by atoms with Gasteiger partial charge < -0.3 is 20.3 Å². The Bertz CT molecular complexity index is 909. The van der Waals surface area contributed by atoms with Crippen LogP contribution in [0.5, 0.6) is 0 Å². The van der Waals surface area contributed by atoms with E-state index in [2.05, 4.69) is 19.2 Å². The van der Waals surface area contributed by atoms with E-state index >= 15 is 0 Å². The molecule has 3 N–H and O–H groups in total. The van der Waals surface area contributed by atoms with Gasteiger partial charge in [-0.25, -0.2) is 0 Å². The maximum atomic E-state index is 12.5. The number of amides is 1. The molecule has 0 spiro atoms. The van der Waals surface area contributed by atoms with Gasteiger partial charge in [0, 0.05) is 12.8 Å². The average molecular weight is 862 g/mol. The van der Waals surface area contributed by atoms with Crippen LogP contribution in [0.1, 0.15) is 303 Å². The van der Waals surface area contributed by atoms with Gasteiger partial charge in [-0.15, -0.1) is 0 Å². The molecule has 0 aromatic rings. The van der Waals surface area contributed by atoms with E-state index in [0.717, 1.165) is 57.8 Å². The molecule has 2 unspecified atom stereocenters. The summed E-state index contributed by atoms with van der Waals surface area (Å²) in [4.78, 5) is 24.4. The van der Waals surface area contributed by atoms with E-state index < -0.39 is 12.1 Å². The summed E-state index contributed by atoms with van der Waals surface area (Å²) in [5.74, 6) is -0.108. The summed E-state index contributed by atoms with van der Waals surface area (Å²) in [6.07, 6.45) is 59.4. The molecule has 362 valence electrons. The van der Waals surface area contributed by atoms with Crippen molar-refractivity contribution in [1.82, 2.24) is 5.32 Å². The number of hydrogen-bond donors (Lipinski definition) is 3. The van der Waals surface area contributed by atoms with E-state index in [1.165, 1.54) is 218 Å². The Morgan fingerprint density at radius 3 is 1.11 bits per heavy atom. The summed E-state index contributed by atoms with van der Waals surface area (Å²) in [7, 11) is 0. The molecule has 0 saturated carbocycles. The zero-order valence-electron chi connectivity index (χ0n) is 41.2. The molecule has 61 heavy (non-hydrogen) atoms. The molecule has 6 heteroatoms. The van der Waals surface area contributed by atoms with Crippen molar-refractivity contribution in [2.24, 2.45) is 0 Å². The van der Waals surface area contributed by atoms with Gasteiger partial charge in [-0.05, 0) is 32.1 Å². The Kier molecular flexibility index (Phi) is 50.1. The van der Waals surface area contributed by atoms with Gasteiger partial charge in [-0.3, -0.25) is 9.59 Å². The molecule has 0 saturated heterocycles. The van der Waals surface area contributed by atoms with Crippen LogP contribution in [-0.4, -0.2) is 47.4 Å². The second kappa shape index (κ2) is 51.2. The number of unbranched alkanes of at least 4 members (excludes halogenated alkanes) is 40. The standard InChI is InChI=1S/C55H107NO5/c1-3-5-7-9-11-13-15-16-17-18-19-20-21-22-23-24-25-26-28-31-35-39-43-47-53(58)52(51-57)56-54(59)48-44-40-36-32-29-30-34-38-42-46-50-61-55(60)49-45-41-37-33-27-14-12-10-8-6-4-2/h43,47,52-53,57-58H,3-42,44-46,48-51H2,1-2H3,(H,56,59)/b47-43+. The first-order valence-corrected chi connectivity index (χ1v) is 27.5. The first kappa shape index (κ1) is 59.6. The highest BCUT2D eigenvalue weighted by molar-refractivity contribution is 5.76. The van der Waals surface area contributed by atoms with E-state index in [1.54, 1.807) is 6.08 Å². The first-order chi connectivity index (χ1) is 30.0. The van der Waals surface area contributed by atoms with Crippen LogP contribution in [0, 0.1) is 0 Å². The third kappa shape index (κ3) is 47.9. The van der Waals surface area contributed by atoms with Gasteiger partial charge in [0.15, 0.2) is 0 Å². The van der Waals surface area contributed by atoms with E-state index in [4.69, 9.17) is 4.74 Å². The van der Waals surface area contributed by atoms with Gasteiger partial charge in [0.1, 0.15) is 0 Å². The van der Waals surface area contributed by atoms with Crippen molar-refractivity contribution >= 4 is 11.9 Å². The lowest BCUT2D eigenvalue weighted by Crippen LogP contribution is -2.45. The van der Waals surface area contributed by atoms with Crippen LogP contribution in [0.25, 0.3) is 0 Å². The number of hydrogen-bond acceptors (Lipinski definition) is 5. The SMILES string of the molecule is CCCCCCCCCCCCCCCCCCCCCCC/C=C/C(O)C(CO)NC(=O)CCCCCCCCCCCCOC(=O)CCCCCCCCCCCCC. The molecule has 0 bridgehead atoms. The Morgan fingerprint density at radius 2 is 0.754 bits per heavy atom. The molecule has 0 aromatic heterocycles. The van der Waals surface area contributed by atoms with Crippen LogP contribution in [0.3, 0.4) is 0 Å². The van der Waals surface area contributed by atoms with Crippen molar-refractivity contribution in [2.75, 3.05) is 13.2 Å². The highest BCUT2D eigenvalue weighted by atomic mass is 16.5. The lowest BCUT2D eigenvalue weighted by Gasteiger charge is -2.20. The predicted molar refractivity (Wildman–Crippen MR) is 264 cm³/mol. The Hall–Kier alpha value is -1.40. The van der Waals surface area contributed by atoms with E-state index in [-0.39, 0.29) is 18.5 Å². The summed E-state index contributed by atoms with van der Waals surface area (Å²) < 4.78 is 5.44. The van der Waals surface area contributed by atoms with Crippen molar-refractivity contribution < 1.29 is 24.5 Å². The molecule has 0 aliphatic rings. The molecule has 0 fully saturated rings. The molecule has 0 aliphatic heterocycles. The Morgan fingerprint density at radius 1 is 0.443 bits per heavy atom. The zero-order chi connectivity index (χ0) is 44.4. The normalized spacial score (nSPS) is 12.7. The van der Waals surface area contributed by atoms with Crippen LogP contribution in [0.15, 0.2) is 12.2 Å². The first-order valence-electron chi connectivity index (χ1n) is 27.5. The second-order valence-corrected chi connectivity index (χ2v) is 18.9. The number of carbonyl (C=O) groups excluding carboxylic acids is 2. The van der Waals surface area contributed by atoms with Gasteiger partial charge in [-0.2, -0.15) is 0 Å². The molecule has 0 radical (unpaired) electrons. The smallest absolute Gasteiger partial charge is 0.305 e. The fourth-order valence-corrected chi connectivity index (χ4v) is 8.58. The average Bonchev–Trinajstić information content (AvgIpc) is 3.26. The Balaban J connectivity index is 3.51. The number of esters is 1. The van der Waals surface area contributed by atoms with E-state index in [0.29, 0.717) is 19.4 Å². The predicted octanol–water partition coefficient (Wildman–Crippen LogP) is 16.5. The van der Waals surface area contributed by atoms with Crippen LogP contribution < -0.4 is 5.32 Å². The van der Waals surface area contributed by atoms with Crippen molar-refractivity contribution in [3.05, 3.63) is 12.2 Å². The van der Waals surface area contributed by atoms with Crippen LogP contribution in [-0.2, 0) is 14.3 Å². The van der Waals surface area contributed by atoms with Crippen LogP contribution in [0.4, 0.5) is 0 Å².